The second-order valence-corrected chi connectivity index (χ2v) is 2.05. The van der Waals surface area contributed by atoms with Gasteiger partial charge in [-0.2, -0.15) is 0 Å². The van der Waals surface area contributed by atoms with Gasteiger partial charge in [-0.25, -0.2) is 4.79 Å². The zero-order chi connectivity index (χ0) is 7.98. The van der Waals surface area contributed by atoms with Crippen LogP contribution in [-0.4, -0.2) is 22.3 Å². The Balaban J connectivity index is 3.55. The number of hydrogen-bond acceptors (Lipinski definition) is 2. The molecule has 0 aliphatic carbocycles. The third kappa shape index (κ3) is 5.31. The first-order chi connectivity index (χ1) is 4.66. The van der Waals surface area contributed by atoms with Crippen LogP contribution in [0.4, 0.5) is 0 Å². The smallest absolute Gasteiger partial charge is 0.328 e. The molecule has 2 N–H and O–H groups in total. The summed E-state index contributed by atoms with van der Waals surface area (Å²) < 4.78 is 0. The zero-order valence-electron chi connectivity index (χ0n) is 5.95. The molecular formula is C7H12O3. The predicted octanol–water partition coefficient (Wildman–Crippen LogP) is 0.788. The molecule has 0 amide bonds. The fourth-order valence-corrected chi connectivity index (χ4v) is 0.585. The van der Waals surface area contributed by atoms with Gasteiger partial charge in [0.05, 0.1) is 6.10 Å². The van der Waals surface area contributed by atoms with Crippen molar-refractivity contribution in [2.75, 3.05) is 0 Å². The van der Waals surface area contributed by atoms with E-state index in [9.17, 15) is 4.79 Å². The first-order valence-electron chi connectivity index (χ1n) is 3.26. The number of carboxylic acids is 1. The van der Waals surface area contributed by atoms with Crippen LogP contribution in [0, 0.1) is 0 Å². The standard InChI is InChI=1S/C7H12O3/c1-2-3-6(8)4-5-7(9)10/h4-6,8H,2-3H2,1H3,(H,9,10)/b5-4+/t6-/m0/s1. The molecule has 0 saturated heterocycles. The maximum atomic E-state index is 9.91. The molecule has 0 radical (unpaired) electrons. The van der Waals surface area contributed by atoms with Crippen molar-refractivity contribution in [3.05, 3.63) is 12.2 Å². The van der Waals surface area contributed by atoms with E-state index in [2.05, 4.69) is 0 Å². The molecule has 0 aromatic heterocycles. The molecule has 3 nitrogen and oxygen atoms in total. The van der Waals surface area contributed by atoms with E-state index in [0.29, 0.717) is 6.42 Å². The molecule has 0 heterocycles. The quantitative estimate of drug-likeness (QED) is 0.573. The average Bonchev–Trinajstić information content (AvgIpc) is 1.85. The molecule has 10 heavy (non-hydrogen) atoms. The first kappa shape index (κ1) is 9.17. The molecule has 0 aliphatic heterocycles. The summed E-state index contributed by atoms with van der Waals surface area (Å²) in [6, 6.07) is 0. The van der Waals surface area contributed by atoms with Gasteiger partial charge in [-0.15, -0.1) is 0 Å². The number of carbonyl (C=O) groups is 1. The fourth-order valence-electron chi connectivity index (χ4n) is 0.585. The fraction of sp³-hybridized carbons (Fsp3) is 0.571. The predicted molar refractivity (Wildman–Crippen MR) is 37.7 cm³/mol. The van der Waals surface area contributed by atoms with Crippen molar-refractivity contribution in [2.24, 2.45) is 0 Å². The van der Waals surface area contributed by atoms with Gasteiger partial charge in [0.1, 0.15) is 0 Å². The second kappa shape index (κ2) is 4.99. The Morgan fingerprint density at radius 2 is 2.30 bits per heavy atom. The molecule has 0 aromatic rings. The molecule has 1 atom stereocenters. The molecule has 0 unspecified atom stereocenters. The van der Waals surface area contributed by atoms with Crippen LogP contribution in [-0.2, 0) is 4.79 Å². The molecule has 0 bridgehead atoms. The van der Waals surface area contributed by atoms with E-state index in [1.165, 1.54) is 6.08 Å². The van der Waals surface area contributed by atoms with Crippen LogP contribution in [0.1, 0.15) is 19.8 Å². The van der Waals surface area contributed by atoms with Gasteiger partial charge in [0, 0.05) is 6.08 Å². The van der Waals surface area contributed by atoms with E-state index < -0.39 is 12.1 Å². The summed E-state index contributed by atoms with van der Waals surface area (Å²) in [6.07, 6.45) is 3.10. The SMILES string of the molecule is CCC[C@H](O)/C=C/C(=O)O. The lowest BCUT2D eigenvalue weighted by Crippen LogP contribution is -2.01. The monoisotopic (exact) mass is 144 g/mol. The van der Waals surface area contributed by atoms with Gasteiger partial charge in [-0.3, -0.25) is 0 Å². The van der Waals surface area contributed by atoms with E-state index in [1.54, 1.807) is 0 Å². The molecule has 0 fully saturated rings. The molecule has 0 aliphatic rings. The second-order valence-electron chi connectivity index (χ2n) is 2.05. The van der Waals surface area contributed by atoms with Gasteiger partial charge >= 0.3 is 5.97 Å². The summed E-state index contributed by atoms with van der Waals surface area (Å²) in [4.78, 5) is 9.91. The van der Waals surface area contributed by atoms with Gasteiger partial charge in [0.25, 0.3) is 0 Å². The number of aliphatic hydroxyl groups excluding tert-OH is 1. The Labute approximate surface area is 60.0 Å². The van der Waals surface area contributed by atoms with Crippen LogP contribution < -0.4 is 0 Å². The topological polar surface area (TPSA) is 57.5 Å². The summed E-state index contributed by atoms with van der Waals surface area (Å²) in [6.45, 7) is 1.93. The van der Waals surface area contributed by atoms with E-state index >= 15 is 0 Å². The van der Waals surface area contributed by atoms with Crippen molar-refractivity contribution in [1.82, 2.24) is 0 Å². The van der Waals surface area contributed by atoms with Crippen molar-refractivity contribution < 1.29 is 15.0 Å². The van der Waals surface area contributed by atoms with Crippen LogP contribution in [0.25, 0.3) is 0 Å². The summed E-state index contributed by atoms with van der Waals surface area (Å²) in [5.41, 5.74) is 0. The number of hydrogen-bond donors (Lipinski definition) is 2. The average molecular weight is 144 g/mol. The molecule has 58 valence electrons. The van der Waals surface area contributed by atoms with Crippen LogP contribution >= 0.6 is 0 Å². The van der Waals surface area contributed by atoms with Crippen LogP contribution in [0.15, 0.2) is 12.2 Å². The third-order valence-corrected chi connectivity index (χ3v) is 1.05. The third-order valence-electron chi connectivity index (χ3n) is 1.05. The van der Waals surface area contributed by atoms with Crippen molar-refractivity contribution in [2.45, 2.75) is 25.9 Å². The van der Waals surface area contributed by atoms with Crippen molar-refractivity contribution in [3.63, 3.8) is 0 Å². The Morgan fingerprint density at radius 3 is 2.70 bits per heavy atom. The Morgan fingerprint density at radius 1 is 1.70 bits per heavy atom. The number of rotatable bonds is 4. The van der Waals surface area contributed by atoms with E-state index in [1.807, 2.05) is 6.92 Å². The summed E-state index contributed by atoms with van der Waals surface area (Å²) >= 11 is 0. The molecular weight excluding hydrogens is 132 g/mol. The maximum Gasteiger partial charge on any atom is 0.328 e. The van der Waals surface area contributed by atoms with Crippen LogP contribution in [0.5, 0.6) is 0 Å². The van der Waals surface area contributed by atoms with Gasteiger partial charge < -0.3 is 10.2 Å². The highest BCUT2D eigenvalue weighted by molar-refractivity contribution is 5.79. The Hall–Kier alpha value is -0.830. The van der Waals surface area contributed by atoms with Gasteiger partial charge in [-0.05, 0) is 12.5 Å². The summed E-state index contributed by atoms with van der Waals surface area (Å²) in [5.74, 6) is -1.02. The largest absolute Gasteiger partial charge is 0.478 e. The Bertz CT molecular complexity index is 129. The van der Waals surface area contributed by atoms with E-state index in [4.69, 9.17) is 10.2 Å². The summed E-state index contributed by atoms with van der Waals surface area (Å²) in [7, 11) is 0. The molecule has 0 saturated carbocycles. The lowest BCUT2D eigenvalue weighted by atomic mass is 10.2. The highest BCUT2D eigenvalue weighted by Gasteiger charge is 1.96. The highest BCUT2D eigenvalue weighted by atomic mass is 16.4. The van der Waals surface area contributed by atoms with Crippen LogP contribution in [0.2, 0.25) is 0 Å². The summed E-state index contributed by atoms with van der Waals surface area (Å²) in [5, 5.41) is 17.1. The zero-order valence-corrected chi connectivity index (χ0v) is 5.95. The van der Waals surface area contributed by atoms with E-state index in [0.717, 1.165) is 12.5 Å². The molecule has 0 rings (SSSR count). The molecule has 3 heteroatoms. The number of carboxylic acid groups (broad SMARTS) is 1. The van der Waals surface area contributed by atoms with Crippen molar-refractivity contribution in [1.29, 1.82) is 0 Å². The van der Waals surface area contributed by atoms with Gasteiger partial charge in [0.15, 0.2) is 0 Å². The lowest BCUT2D eigenvalue weighted by Gasteiger charge is -1.99. The Kier molecular flexibility index (Phi) is 4.58. The van der Waals surface area contributed by atoms with Crippen LogP contribution in [0.3, 0.4) is 0 Å². The minimum Gasteiger partial charge on any atom is -0.478 e. The molecule has 0 aromatic carbocycles. The number of aliphatic carboxylic acids is 1. The van der Waals surface area contributed by atoms with Crippen molar-refractivity contribution in [3.8, 4) is 0 Å². The van der Waals surface area contributed by atoms with Crippen molar-refractivity contribution >= 4 is 5.97 Å². The first-order valence-corrected chi connectivity index (χ1v) is 3.26. The number of aliphatic hydroxyl groups is 1. The maximum absolute atomic E-state index is 9.91. The van der Waals surface area contributed by atoms with Gasteiger partial charge in [0.2, 0.25) is 0 Å². The van der Waals surface area contributed by atoms with E-state index in [-0.39, 0.29) is 0 Å². The highest BCUT2D eigenvalue weighted by Crippen LogP contribution is 1.96. The normalized spacial score (nSPS) is 13.8. The molecule has 0 spiro atoms. The minimum atomic E-state index is -1.02. The van der Waals surface area contributed by atoms with Gasteiger partial charge in [-0.1, -0.05) is 13.3 Å². The lowest BCUT2D eigenvalue weighted by molar-refractivity contribution is -0.131. The minimum absolute atomic E-state index is 0.610.